The van der Waals surface area contributed by atoms with Crippen molar-refractivity contribution in [3.63, 3.8) is 0 Å². The van der Waals surface area contributed by atoms with Gasteiger partial charge in [0.2, 0.25) is 0 Å². The Morgan fingerprint density at radius 2 is 2.40 bits per heavy atom. The average Bonchev–Trinajstić information content (AvgIpc) is 2.48. The van der Waals surface area contributed by atoms with Crippen LogP contribution in [0.3, 0.4) is 0 Å². The van der Waals surface area contributed by atoms with E-state index in [0.717, 1.165) is 11.8 Å². The predicted octanol–water partition coefficient (Wildman–Crippen LogP) is 2.92. The zero-order valence-corrected chi connectivity index (χ0v) is 6.51. The van der Waals surface area contributed by atoms with Crippen LogP contribution in [0.5, 0.6) is 0 Å². The maximum absolute atomic E-state index is 2.47. The first-order valence-electron chi connectivity index (χ1n) is 4.24. The van der Waals surface area contributed by atoms with Gasteiger partial charge in [0.25, 0.3) is 0 Å². The minimum absolute atomic E-state index is 0.932. The van der Waals surface area contributed by atoms with Crippen molar-refractivity contribution in [3.05, 3.63) is 23.8 Å². The van der Waals surface area contributed by atoms with Crippen LogP contribution in [0.2, 0.25) is 0 Å². The molecule has 0 spiro atoms. The molecule has 0 radical (unpaired) electrons. The number of hydrogen-bond acceptors (Lipinski definition) is 0. The van der Waals surface area contributed by atoms with Gasteiger partial charge in [0.1, 0.15) is 0 Å². The van der Waals surface area contributed by atoms with Crippen LogP contribution in [-0.4, -0.2) is 0 Å². The Bertz CT molecular complexity index is 186. The second-order valence-electron chi connectivity index (χ2n) is 3.44. The maximum Gasteiger partial charge on any atom is -0.0159 e. The molecule has 0 heterocycles. The number of allylic oxidation sites excluding steroid dienone is 4. The fourth-order valence-corrected chi connectivity index (χ4v) is 2.26. The summed E-state index contributed by atoms with van der Waals surface area (Å²) in [6, 6.07) is 0. The summed E-state index contributed by atoms with van der Waals surface area (Å²) in [5.74, 6) is 1.87. The molecule has 54 valence electrons. The van der Waals surface area contributed by atoms with Gasteiger partial charge in [-0.25, -0.2) is 0 Å². The average molecular weight is 134 g/mol. The summed E-state index contributed by atoms with van der Waals surface area (Å²) in [7, 11) is 0. The molecule has 0 heteroatoms. The van der Waals surface area contributed by atoms with E-state index in [4.69, 9.17) is 0 Å². The normalized spacial score (nSPS) is 37.5. The molecular weight excluding hydrogens is 120 g/mol. The largest absolute Gasteiger partial charge is 0.0874 e. The van der Waals surface area contributed by atoms with Gasteiger partial charge in [-0.15, -0.1) is 0 Å². The Labute approximate surface area is 62.6 Å². The Kier molecular flexibility index (Phi) is 1.40. The molecule has 0 aromatic carbocycles. The van der Waals surface area contributed by atoms with Crippen LogP contribution in [0.25, 0.3) is 0 Å². The Morgan fingerprint density at radius 1 is 1.50 bits per heavy atom. The molecule has 2 bridgehead atoms. The van der Waals surface area contributed by atoms with Gasteiger partial charge in [0.15, 0.2) is 0 Å². The van der Waals surface area contributed by atoms with Crippen LogP contribution < -0.4 is 0 Å². The lowest BCUT2D eigenvalue weighted by atomic mass is 9.98. The lowest BCUT2D eigenvalue weighted by molar-refractivity contribution is 0.671. The molecule has 10 heavy (non-hydrogen) atoms. The van der Waals surface area contributed by atoms with Crippen LogP contribution in [0.4, 0.5) is 0 Å². The molecule has 2 atom stereocenters. The van der Waals surface area contributed by atoms with Crippen LogP contribution in [-0.2, 0) is 0 Å². The second kappa shape index (κ2) is 2.26. The Balaban J connectivity index is 2.17. The van der Waals surface area contributed by atoms with Crippen molar-refractivity contribution < 1.29 is 0 Å². The molecule has 0 saturated heterocycles. The topological polar surface area (TPSA) is 0 Å². The summed E-state index contributed by atoms with van der Waals surface area (Å²) in [6.07, 6.45) is 11.2. The summed E-state index contributed by atoms with van der Waals surface area (Å²) >= 11 is 0. The van der Waals surface area contributed by atoms with E-state index >= 15 is 0 Å². The molecule has 0 aliphatic heterocycles. The van der Waals surface area contributed by atoms with Crippen molar-refractivity contribution >= 4 is 0 Å². The highest BCUT2D eigenvalue weighted by atomic mass is 14.4. The van der Waals surface area contributed by atoms with Crippen molar-refractivity contribution in [1.82, 2.24) is 0 Å². The molecule has 1 fully saturated rings. The summed E-state index contributed by atoms with van der Waals surface area (Å²) in [4.78, 5) is 0. The van der Waals surface area contributed by atoms with E-state index in [2.05, 4.69) is 25.2 Å². The van der Waals surface area contributed by atoms with Crippen LogP contribution in [0.15, 0.2) is 23.8 Å². The number of hydrogen-bond donors (Lipinski definition) is 0. The summed E-state index contributed by atoms with van der Waals surface area (Å²) in [6.45, 7) is 2.10. The first-order chi connectivity index (χ1) is 4.90. The van der Waals surface area contributed by atoms with Gasteiger partial charge in [0.05, 0.1) is 0 Å². The van der Waals surface area contributed by atoms with Crippen molar-refractivity contribution in [2.45, 2.75) is 26.2 Å². The molecule has 2 aliphatic rings. The number of fused-ring (bicyclic) bond motifs is 2. The van der Waals surface area contributed by atoms with Crippen LogP contribution in [0, 0.1) is 11.8 Å². The lowest BCUT2D eigenvalue weighted by Gasteiger charge is -2.07. The quantitative estimate of drug-likeness (QED) is 0.517. The van der Waals surface area contributed by atoms with Gasteiger partial charge in [0, 0.05) is 0 Å². The molecule has 0 aromatic rings. The van der Waals surface area contributed by atoms with Gasteiger partial charge in [-0.2, -0.15) is 0 Å². The zero-order valence-electron chi connectivity index (χ0n) is 6.51. The fraction of sp³-hybridized carbons (Fsp3) is 0.600. The van der Waals surface area contributed by atoms with E-state index in [1.165, 1.54) is 19.3 Å². The van der Waals surface area contributed by atoms with Gasteiger partial charge in [-0.05, 0) is 43.6 Å². The van der Waals surface area contributed by atoms with E-state index in [9.17, 15) is 0 Å². The third kappa shape index (κ3) is 0.828. The van der Waals surface area contributed by atoms with E-state index in [1.807, 2.05) is 0 Å². The van der Waals surface area contributed by atoms with Crippen LogP contribution >= 0.6 is 0 Å². The predicted molar refractivity (Wildman–Crippen MR) is 43.7 cm³/mol. The third-order valence-electron chi connectivity index (χ3n) is 2.73. The fourth-order valence-electron chi connectivity index (χ4n) is 2.26. The molecule has 0 aromatic heterocycles. The zero-order chi connectivity index (χ0) is 6.97. The monoisotopic (exact) mass is 134 g/mol. The highest BCUT2D eigenvalue weighted by Gasteiger charge is 2.30. The maximum atomic E-state index is 2.47. The Morgan fingerprint density at radius 3 is 2.90 bits per heavy atom. The van der Waals surface area contributed by atoms with E-state index in [-0.39, 0.29) is 0 Å². The molecule has 0 nitrogen and oxygen atoms in total. The molecule has 2 unspecified atom stereocenters. The van der Waals surface area contributed by atoms with E-state index < -0.39 is 0 Å². The standard InChI is InChI=1S/C10H14/c1-2-3-9-6-8-4-5-10(9)7-8/h2-3,6,8,10H,4-5,7H2,1H3/b3-2+. The molecule has 0 amide bonds. The van der Waals surface area contributed by atoms with Gasteiger partial charge in [-0.1, -0.05) is 18.2 Å². The summed E-state index contributed by atoms with van der Waals surface area (Å²) < 4.78 is 0. The highest BCUT2D eigenvalue weighted by molar-refractivity contribution is 5.29. The van der Waals surface area contributed by atoms with Crippen molar-refractivity contribution in [3.8, 4) is 0 Å². The smallest absolute Gasteiger partial charge is 0.0159 e. The van der Waals surface area contributed by atoms with Crippen LogP contribution in [0.1, 0.15) is 26.2 Å². The SMILES string of the molecule is C/C=C/C1=CC2CCC1C2. The molecule has 2 rings (SSSR count). The second-order valence-corrected chi connectivity index (χ2v) is 3.44. The Hall–Kier alpha value is -0.520. The molecular formula is C10H14. The minimum atomic E-state index is 0.932. The number of rotatable bonds is 1. The minimum Gasteiger partial charge on any atom is -0.0874 e. The molecule has 1 saturated carbocycles. The third-order valence-corrected chi connectivity index (χ3v) is 2.73. The van der Waals surface area contributed by atoms with E-state index in [0.29, 0.717) is 0 Å². The molecule has 0 N–H and O–H groups in total. The van der Waals surface area contributed by atoms with Gasteiger partial charge >= 0.3 is 0 Å². The summed E-state index contributed by atoms with van der Waals surface area (Å²) in [5.41, 5.74) is 1.61. The highest BCUT2D eigenvalue weighted by Crippen LogP contribution is 2.43. The van der Waals surface area contributed by atoms with E-state index in [1.54, 1.807) is 5.57 Å². The van der Waals surface area contributed by atoms with Gasteiger partial charge in [-0.3, -0.25) is 0 Å². The summed E-state index contributed by atoms with van der Waals surface area (Å²) in [5, 5.41) is 0. The van der Waals surface area contributed by atoms with Gasteiger partial charge < -0.3 is 0 Å². The molecule has 2 aliphatic carbocycles. The lowest BCUT2D eigenvalue weighted by Crippen LogP contribution is -1.93. The van der Waals surface area contributed by atoms with Crippen molar-refractivity contribution in [2.24, 2.45) is 11.8 Å². The van der Waals surface area contributed by atoms with Crippen molar-refractivity contribution in [1.29, 1.82) is 0 Å². The first kappa shape index (κ1) is 6.21. The van der Waals surface area contributed by atoms with Crippen molar-refractivity contribution in [2.75, 3.05) is 0 Å². The first-order valence-corrected chi connectivity index (χ1v) is 4.24.